The van der Waals surface area contributed by atoms with Crippen LogP contribution in [0.3, 0.4) is 0 Å². The summed E-state index contributed by atoms with van der Waals surface area (Å²) < 4.78 is 122. The van der Waals surface area contributed by atoms with Gasteiger partial charge in [-0.25, -0.2) is 0 Å². The van der Waals surface area contributed by atoms with Crippen LogP contribution in [0.5, 0.6) is 5.75 Å². The third-order valence-electron chi connectivity index (χ3n) is 8.58. The third kappa shape index (κ3) is 4.52. The first-order valence-electron chi connectivity index (χ1n) is 13.3. The Labute approximate surface area is 246 Å². The van der Waals surface area contributed by atoms with Gasteiger partial charge in [-0.05, 0) is 33.2 Å². The highest BCUT2D eigenvalue weighted by atomic mass is 32.2. The molecule has 2 unspecified atom stereocenters. The highest BCUT2D eigenvalue weighted by Gasteiger charge is 2.76. The number of aromatic hydroxyl groups is 1. The minimum atomic E-state index is -6.49. The average Bonchev–Trinajstić information content (AvgIpc) is 2.95. The van der Waals surface area contributed by atoms with Crippen molar-refractivity contribution in [1.29, 1.82) is 0 Å². The van der Waals surface area contributed by atoms with Gasteiger partial charge in [0, 0.05) is 23.1 Å². The predicted octanol–water partition coefficient (Wildman–Crippen LogP) is 6.83. The first-order valence-corrected chi connectivity index (χ1v) is 14.9. The molecule has 44 heavy (non-hydrogen) atoms. The number of benzene rings is 4. The maximum absolute atomic E-state index is 14.2. The molecule has 2 bridgehead atoms. The van der Waals surface area contributed by atoms with Crippen LogP contribution in [0.15, 0.2) is 84.9 Å². The van der Waals surface area contributed by atoms with Crippen molar-refractivity contribution in [2.24, 2.45) is 5.92 Å². The number of phenols is 1. The van der Waals surface area contributed by atoms with E-state index in [4.69, 9.17) is 0 Å². The summed E-state index contributed by atoms with van der Waals surface area (Å²) in [6.07, 6.45) is -13.0. The lowest BCUT2D eigenvalue weighted by molar-refractivity contribution is -0.362. The van der Waals surface area contributed by atoms with Gasteiger partial charge in [-0.15, -0.1) is 0 Å². The molecule has 2 atom stereocenters. The van der Waals surface area contributed by atoms with Gasteiger partial charge in [0.2, 0.25) is 0 Å². The van der Waals surface area contributed by atoms with Crippen molar-refractivity contribution in [2.45, 2.75) is 35.7 Å². The van der Waals surface area contributed by atoms with Crippen LogP contribution in [-0.2, 0) is 19.6 Å². The third-order valence-corrected chi connectivity index (χ3v) is 9.35. The Bertz CT molecular complexity index is 1840. The molecule has 0 spiro atoms. The zero-order chi connectivity index (χ0) is 31.8. The standard InChI is InChI=1S/C31H22F6O6S/c32-30(33,34)29(31(35,36)37,15-44(40,41)42)43-28(39)26-24-20-11-5-3-9-18(20)23(19-10-4-6-12-21(19)24)25(26)22-14-13-16-7-1-2-8-17(16)27(22)38/h1-14,23-26,38H,15H2,(H,40,41,42). The van der Waals surface area contributed by atoms with Gasteiger partial charge in [0.1, 0.15) is 11.5 Å². The molecule has 7 rings (SSSR count). The average molecular weight is 637 g/mol. The number of carbonyl (C=O) groups excluding carboxylic acids is 1. The summed E-state index contributed by atoms with van der Waals surface area (Å²) in [7, 11) is -5.99. The largest absolute Gasteiger partial charge is 0.507 e. The predicted molar refractivity (Wildman–Crippen MR) is 146 cm³/mol. The Morgan fingerprint density at radius 1 is 0.705 bits per heavy atom. The molecule has 0 fully saturated rings. The van der Waals surface area contributed by atoms with E-state index in [-0.39, 0.29) is 11.3 Å². The number of alkyl halides is 6. The van der Waals surface area contributed by atoms with E-state index in [0.29, 0.717) is 33.0 Å². The molecular weight excluding hydrogens is 614 g/mol. The molecule has 0 saturated carbocycles. The van der Waals surface area contributed by atoms with Gasteiger partial charge >= 0.3 is 23.9 Å². The molecule has 0 aromatic heterocycles. The maximum atomic E-state index is 14.2. The van der Waals surface area contributed by atoms with Crippen molar-refractivity contribution in [3.05, 3.63) is 113 Å². The van der Waals surface area contributed by atoms with Crippen LogP contribution < -0.4 is 0 Å². The number of fused-ring (bicyclic) bond motifs is 2. The molecule has 0 radical (unpaired) electrons. The Morgan fingerprint density at radius 2 is 1.18 bits per heavy atom. The fourth-order valence-electron chi connectivity index (χ4n) is 6.84. The number of rotatable bonds is 5. The molecule has 13 heteroatoms. The minimum absolute atomic E-state index is 0.0871. The number of halogens is 6. The number of esters is 1. The van der Waals surface area contributed by atoms with Crippen LogP contribution in [0.2, 0.25) is 0 Å². The highest BCUT2D eigenvalue weighted by Crippen LogP contribution is 2.63. The topological polar surface area (TPSA) is 101 Å². The fourth-order valence-corrected chi connectivity index (χ4v) is 7.74. The molecule has 0 amide bonds. The molecule has 0 saturated heterocycles. The van der Waals surface area contributed by atoms with Gasteiger partial charge in [-0.1, -0.05) is 84.9 Å². The normalized spacial score (nSPS) is 21.5. The minimum Gasteiger partial charge on any atom is -0.507 e. The Balaban J connectivity index is 1.61. The number of hydrogen-bond donors (Lipinski definition) is 2. The van der Waals surface area contributed by atoms with Crippen LogP contribution >= 0.6 is 0 Å². The molecular formula is C31H22F6O6S. The quantitative estimate of drug-likeness (QED) is 0.142. The van der Waals surface area contributed by atoms with E-state index < -0.39 is 63.5 Å². The van der Waals surface area contributed by atoms with Crippen LogP contribution in [0.25, 0.3) is 10.8 Å². The van der Waals surface area contributed by atoms with Gasteiger partial charge in [0.15, 0.2) is 0 Å². The summed E-state index contributed by atoms with van der Waals surface area (Å²) in [5.74, 6) is -10.2. The molecule has 230 valence electrons. The van der Waals surface area contributed by atoms with Crippen LogP contribution in [-0.4, -0.2) is 47.8 Å². The van der Waals surface area contributed by atoms with Gasteiger partial charge in [0.25, 0.3) is 10.1 Å². The number of ether oxygens (including phenoxy) is 1. The van der Waals surface area contributed by atoms with Crippen molar-refractivity contribution in [2.75, 3.05) is 5.75 Å². The second-order valence-electron chi connectivity index (χ2n) is 11.0. The second kappa shape index (κ2) is 9.96. The van der Waals surface area contributed by atoms with E-state index in [1.54, 1.807) is 78.9 Å². The molecule has 4 aromatic carbocycles. The molecule has 3 aliphatic carbocycles. The first kappa shape index (κ1) is 29.9. The van der Waals surface area contributed by atoms with E-state index >= 15 is 0 Å². The van der Waals surface area contributed by atoms with Gasteiger partial charge in [0.05, 0.1) is 5.92 Å². The lowest BCUT2D eigenvalue weighted by Gasteiger charge is -2.50. The van der Waals surface area contributed by atoms with Gasteiger partial charge in [-0.3, -0.25) is 9.35 Å². The lowest BCUT2D eigenvalue weighted by atomic mass is 9.52. The van der Waals surface area contributed by atoms with Crippen LogP contribution in [0.4, 0.5) is 26.3 Å². The monoisotopic (exact) mass is 636 g/mol. The number of carbonyl (C=O) groups is 1. The Hall–Kier alpha value is -4.10. The van der Waals surface area contributed by atoms with Crippen molar-refractivity contribution < 1.29 is 54.0 Å². The van der Waals surface area contributed by atoms with Crippen LogP contribution in [0, 0.1) is 5.92 Å². The summed E-state index contributed by atoms with van der Waals surface area (Å²) in [4.78, 5) is 14.0. The number of phenolic OH excluding ortho intramolecular Hbond substituents is 1. The van der Waals surface area contributed by atoms with Crippen molar-refractivity contribution in [3.8, 4) is 5.75 Å². The van der Waals surface area contributed by atoms with Crippen LogP contribution in [0.1, 0.15) is 45.6 Å². The molecule has 0 aliphatic heterocycles. The first-order chi connectivity index (χ1) is 20.6. The lowest BCUT2D eigenvalue weighted by Crippen LogP contribution is -2.64. The van der Waals surface area contributed by atoms with E-state index in [1.165, 1.54) is 6.07 Å². The van der Waals surface area contributed by atoms with Gasteiger partial charge in [-0.2, -0.15) is 34.8 Å². The highest BCUT2D eigenvalue weighted by molar-refractivity contribution is 7.85. The molecule has 2 N–H and O–H groups in total. The van der Waals surface area contributed by atoms with Crippen molar-refractivity contribution in [3.63, 3.8) is 0 Å². The van der Waals surface area contributed by atoms with E-state index in [9.17, 15) is 49.2 Å². The molecule has 4 aromatic rings. The fraction of sp³-hybridized carbons (Fsp3) is 0.258. The smallest absolute Gasteiger partial charge is 0.438 e. The molecule has 6 nitrogen and oxygen atoms in total. The maximum Gasteiger partial charge on any atom is 0.438 e. The number of hydrogen-bond acceptors (Lipinski definition) is 5. The Morgan fingerprint density at radius 3 is 1.68 bits per heavy atom. The summed E-state index contributed by atoms with van der Waals surface area (Å²) in [6.45, 7) is 0. The van der Waals surface area contributed by atoms with E-state index in [0.717, 1.165) is 0 Å². The summed E-state index contributed by atoms with van der Waals surface area (Å²) in [5.41, 5.74) is -3.23. The van der Waals surface area contributed by atoms with Crippen molar-refractivity contribution in [1.82, 2.24) is 0 Å². The van der Waals surface area contributed by atoms with Crippen molar-refractivity contribution >= 4 is 26.9 Å². The summed E-state index contributed by atoms with van der Waals surface area (Å²) >= 11 is 0. The molecule has 0 heterocycles. The van der Waals surface area contributed by atoms with Gasteiger partial charge < -0.3 is 9.84 Å². The van der Waals surface area contributed by atoms with E-state index in [1.807, 2.05) is 0 Å². The molecule has 3 aliphatic rings. The zero-order valence-electron chi connectivity index (χ0n) is 22.3. The zero-order valence-corrected chi connectivity index (χ0v) is 23.1. The van der Waals surface area contributed by atoms with E-state index in [2.05, 4.69) is 4.74 Å². The summed E-state index contributed by atoms with van der Waals surface area (Å²) in [5, 5.41) is 12.4. The Kier molecular flexibility index (Phi) is 6.78. The SMILES string of the molecule is O=C(OC(CS(=O)(=O)O)(C(F)(F)F)C(F)(F)F)C1C2c3ccccc3C(c3ccccc32)C1c1ccc2ccccc2c1O. The second-order valence-corrected chi connectivity index (χ2v) is 12.4. The summed E-state index contributed by atoms with van der Waals surface area (Å²) in [6, 6.07) is 23.0.